The summed E-state index contributed by atoms with van der Waals surface area (Å²) in [5.74, 6) is 0. The fourth-order valence-corrected chi connectivity index (χ4v) is 1.95. The fraction of sp³-hybridized carbons (Fsp3) is 0.333. The predicted molar refractivity (Wildman–Crippen MR) is 81.0 cm³/mol. The normalized spacial score (nSPS) is 10.4. The third-order valence-corrected chi connectivity index (χ3v) is 3.01. The average Bonchev–Trinajstić information content (AvgIpc) is 2.89. The fourth-order valence-electron chi connectivity index (χ4n) is 1.95. The molecule has 0 saturated heterocycles. The van der Waals surface area contributed by atoms with Gasteiger partial charge in [0.2, 0.25) is 0 Å². The molecule has 112 valence electrons. The summed E-state index contributed by atoms with van der Waals surface area (Å²) in [6.45, 7) is 1.50. The smallest absolute Gasteiger partial charge is 0.322 e. The molecule has 1 aromatic carbocycles. The van der Waals surface area contributed by atoms with Crippen LogP contribution in [0, 0.1) is 0 Å². The summed E-state index contributed by atoms with van der Waals surface area (Å²) in [6.07, 6.45) is 3.66. The van der Waals surface area contributed by atoms with E-state index in [0.717, 1.165) is 11.3 Å². The zero-order valence-corrected chi connectivity index (χ0v) is 12.3. The number of aryl methyl sites for hydroxylation is 1. The second kappa shape index (κ2) is 7.44. The van der Waals surface area contributed by atoms with Crippen LogP contribution in [0.5, 0.6) is 0 Å². The van der Waals surface area contributed by atoms with E-state index in [1.165, 1.54) is 0 Å². The van der Waals surface area contributed by atoms with Crippen molar-refractivity contribution in [2.75, 3.05) is 25.6 Å². The van der Waals surface area contributed by atoms with E-state index in [-0.39, 0.29) is 6.03 Å². The molecule has 6 heteroatoms. The molecular weight excluding hydrogens is 268 g/mol. The molecule has 21 heavy (non-hydrogen) atoms. The molecule has 0 aliphatic carbocycles. The monoisotopic (exact) mass is 288 g/mol. The summed E-state index contributed by atoms with van der Waals surface area (Å²) in [6, 6.07) is 9.25. The van der Waals surface area contributed by atoms with Gasteiger partial charge >= 0.3 is 6.03 Å². The first-order valence-corrected chi connectivity index (χ1v) is 6.76. The van der Waals surface area contributed by atoms with E-state index in [9.17, 15) is 4.79 Å². The maximum Gasteiger partial charge on any atom is 0.322 e. The van der Waals surface area contributed by atoms with E-state index >= 15 is 0 Å². The lowest BCUT2D eigenvalue weighted by Gasteiger charge is -2.22. The first-order chi connectivity index (χ1) is 10.2. The Morgan fingerprint density at radius 2 is 2.14 bits per heavy atom. The minimum absolute atomic E-state index is 0.151. The Morgan fingerprint density at radius 3 is 2.76 bits per heavy atom. The van der Waals surface area contributed by atoms with Crippen molar-refractivity contribution in [2.45, 2.75) is 6.54 Å². The molecule has 0 atom stereocenters. The van der Waals surface area contributed by atoms with Crippen LogP contribution >= 0.6 is 0 Å². The molecule has 1 heterocycles. The van der Waals surface area contributed by atoms with Crippen LogP contribution < -0.4 is 5.32 Å². The first-order valence-electron chi connectivity index (χ1n) is 6.76. The number of amides is 2. The largest absolute Gasteiger partial charge is 0.383 e. The Morgan fingerprint density at radius 1 is 1.38 bits per heavy atom. The van der Waals surface area contributed by atoms with Crippen molar-refractivity contribution in [3.8, 4) is 0 Å². The molecule has 1 aromatic heterocycles. The number of carbonyl (C=O) groups excluding carboxylic acids is 1. The average molecular weight is 288 g/mol. The van der Waals surface area contributed by atoms with Crippen LogP contribution in [0.15, 0.2) is 42.7 Å². The van der Waals surface area contributed by atoms with Gasteiger partial charge in [0.15, 0.2) is 0 Å². The summed E-state index contributed by atoms with van der Waals surface area (Å²) in [5.41, 5.74) is 1.76. The van der Waals surface area contributed by atoms with Crippen LogP contribution in [-0.4, -0.2) is 41.0 Å². The van der Waals surface area contributed by atoms with Crippen LogP contribution in [0.3, 0.4) is 0 Å². The van der Waals surface area contributed by atoms with Crippen LogP contribution in [0.4, 0.5) is 10.5 Å². The number of para-hydroxylation sites is 1. The van der Waals surface area contributed by atoms with E-state index in [0.29, 0.717) is 19.7 Å². The van der Waals surface area contributed by atoms with Crippen molar-refractivity contribution in [3.05, 3.63) is 48.3 Å². The molecule has 2 aromatic rings. The van der Waals surface area contributed by atoms with Crippen molar-refractivity contribution in [3.63, 3.8) is 0 Å². The maximum atomic E-state index is 12.4. The number of nitrogens with one attached hydrogen (secondary N) is 1. The minimum atomic E-state index is -0.151. The molecule has 2 rings (SSSR count). The molecule has 0 aliphatic rings. The minimum Gasteiger partial charge on any atom is -0.383 e. The quantitative estimate of drug-likeness (QED) is 0.885. The standard InChI is InChI=1S/C15H20N4O2/c1-18-11-13(10-16-18)12-19(8-9-21-2)15(20)17-14-6-4-3-5-7-14/h3-7,10-11H,8-9,12H2,1-2H3,(H,17,20). The highest BCUT2D eigenvalue weighted by molar-refractivity contribution is 5.89. The van der Waals surface area contributed by atoms with Crippen molar-refractivity contribution in [2.24, 2.45) is 7.05 Å². The summed E-state index contributed by atoms with van der Waals surface area (Å²) in [4.78, 5) is 14.1. The lowest BCUT2D eigenvalue weighted by atomic mass is 10.3. The first kappa shape index (κ1) is 15.1. The number of hydrogen-bond acceptors (Lipinski definition) is 3. The molecular formula is C15H20N4O2. The van der Waals surface area contributed by atoms with Crippen molar-refractivity contribution >= 4 is 11.7 Å². The summed E-state index contributed by atoms with van der Waals surface area (Å²) in [7, 11) is 3.48. The van der Waals surface area contributed by atoms with E-state index in [1.54, 1.807) is 22.9 Å². The highest BCUT2D eigenvalue weighted by atomic mass is 16.5. The lowest BCUT2D eigenvalue weighted by Crippen LogP contribution is -2.36. The Balaban J connectivity index is 2.02. The molecule has 0 spiro atoms. The molecule has 2 amide bonds. The molecule has 0 fully saturated rings. The number of carbonyl (C=O) groups is 1. The highest BCUT2D eigenvalue weighted by Crippen LogP contribution is 2.09. The number of nitrogens with zero attached hydrogens (tertiary/aromatic N) is 3. The highest BCUT2D eigenvalue weighted by Gasteiger charge is 2.14. The number of benzene rings is 1. The van der Waals surface area contributed by atoms with Gasteiger partial charge in [-0.25, -0.2) is 4.79 Å². The molecule has 0 aliphatic heterocycles. The van der Waals surface area contributed by atoms with Gasteiger partial charge in [-0.1, -0.05) is 18.2 Å². The van der Waals surface area contributed by atoms with Crippen LogP contribution in [0.1, 0.15) is 5.56 Å². The maximum absolute atomic E-state index is 12.4. The molecule has 0 bridgehead atoms. The van der Waals surface area contributed by atoms with Gasteiger partial charge in [-0.15, -0.1) is 0 Å². The third-order valence-electron chi connectivity index (χ3n) is 3.01. The number of hydrogen-bond donors (Lipinski definition) is 1. The second-order valence-corrected chi connectivity index (χ2v) is 4.73. The van der Waals surface area contributed by atoms with Gasteiger partial charge in [-0.2, -0.15) is 5.10 Å². The number of anilines is 1. The van der Waals surface area contributed by atoms with Gasteiger partial charge in [-0.05, 0) is 12.1 Å². The number of rotatable bonds is 6. The van der Waals surface area contributed by atoms with Gasteiger partial charge in [0, 0.05) is 38.1 Å². The SMILES string of the molecule is COCCN(Cc1cnn(C)c1)C(=O)Nc1ccccc1. The van der Waals surface area contributed by atoms with E-state index < -0.39 is 0 Å². The lowest BCUT2D eigenvalue weighted by molar-refractivity contribution is 0.153. The van der Waals surface area contributed by atoms with Gasteiger partial charge in [0.05, 0.1) is 19.3 Å². The van der Waals surface area contributed by atoms with E-state index in [1.807, 2.05) is 43.6 Å². The number of aromatic nitrogens is 2. The molecule has 0 unspecified atom stereocenters. The molecule has 6 nitrogen and oxygen atoms in total. The zero-order chi connectivity index (χ0) is 15.1. The van der Waals surface area contributed by atoms with Gasteiger partial charge in [-0.3, -0.25) is 4.68 Å². The second-order valence-electron chi connectivity index (χ2n) is 4.73. The Labute approximate surface area is 124 Å². The van der Waals surface area contributed by atoms with Gasteiger partial charge in [0.1, 0.15) is 0 Å². The number of urea groups is 1. The molecule has 0 saturated carbocycles. The van der Waals surface area contributed by atoms with Gasteiger partial charge < -0.3 is 15.0 Å². The summed E-state index contributed by atoms with van der Waals surface area (Å²) >= 11 is 0. The Bertz CT molecular complexity index is 568. The van der Waals surface area contributed by atoms with Crippen molar-refractivity contribution in [1.29, 1.82) is 0 Å². The third kappa shape index (κ3) is 4.61. The van der Waals surface area contributed by atoms with Crippen LogP contribution in [0.2, 0.25) is 0 Å². The zero-order valence-electron chi connectivity index (χ0n) is 12.3. The van der Waals surface area contributed by atoms with E-state index in [4.69, 9.17) is 4.74 Å². The summed E-state index contributed by atoms with van der Waals surface area (Å²) < 4.78 is 6.79. The predicted octanol–water partition coefficient (Wildman–Crippen LogP) is 2.10. The van der Waals surface area contributed by atoms with Crippen LogP contribution in [-0.2, 0) is 18.3 Å². The van der Waals surface area contributed by atoms with Gasteiger partial charge in [0.25, 0.3) is 0 Å². The topological polar surface area (TPSA) is 59.4 Å². The Kier molecular flexibility index (Phi) is 5.34. The summed E-state index contributed by atoms with van der Waals surface area (Å²) in [5, 5.41) is 7.00. The van der Waals surface area contributed by atoms with E-state index in [2.05, 4.69) is 10.4 Å². The van der Waals surface area contributed by atoms with Crippen molar-refractivity contribution < 1.29 is 9.53 Å². The van der Waals surface area contributed by atoms with Crippen LogP contribution in [0.25, 0.3) is 0 Å². The molecule has 0 radical (unpaired) electrons. The van der Waals surface area contributed by atoms with Crippen molar-refractivity contribution in [1.82, 2.24) is 14.7 Å². The number of methoxy groups -OCH3 is 1. The number of ether oxygens (including phenoxy) is 1. The molecule has 1 N–H and O–H groups in total. The Hall–Kier alpha value is -2.34.